The molecule has 1 aromatic rings. The van der Waals surface area contributed by atoms with Crippen molar-refractivity contribution in [1.82, 2.24) is 10.6 Å². The summed E-state index contributed by atoms with van der Waals surface area (Å²) in [6.07, 6.45) is 5.98. The summed E-state index contributed by atoms with van der Waals surface area (Å²) < 4.78 is 0.875. The Morgan fingerprint density at radius 2 is 2.04 bits per heavy atom. The summed E-state index contributed by atoms with van der Waals surface area (Å²) in [4.78, 5) is 37.9. The highest BCUT2D eigenvalue weighted by molar-refractivity contribution is 9.10. The highest BCUT2D eigenvalue weighted by Gasteiger charge is 2.40. The van der Waals surface area contributed by atoms with Crippen molar-refractivity contribution < 1.29 is 14.4 Å². The zero-order valence-corrected chi connectivity index (χ0v) is 13.5. The number of benzene rings is 1. The quantitative estimate of drug-likeness (QED) is 0.657. The molecule has 3 heterocycles. The first-order chi connectivity index (χ1) is 11.1. The summed E-state index contributed by atoms with van der Waals surface area (Å²) in [6, 6.07) is 3.01. The van der Waals surface area contributed by atoms with Gasteiger partial charge in [0, 0.05) is 27.5 Å². The number of amides is 3. The van der Waals surface area contributed by atoms with Gasteiger partial charge in [-0.05, 0) is 24.6 Å². The molecule has 1 atom stereocenters. The zero-order valence-electron chi connectivity index (χ0n) is 11.9. The third-order valence-electron chi connectivity index (χ3n) is 4.22. The number of hydrogen-bond acceptors (Lipinski definition) is 4. The summed E-state index contributed by atoms with van der Waals surface area (Å²) in [6.45, 7) is 0. The van der Waals surface area contributed by atoms with Gasteiger partial charge in [-0.1, -0.05) is 22.0 Å². The second kappa shape index (κ2) is 5.06. The molecule has 1 unspecified atom stereocenters. The van der Waals surface area contributed by atoms with Gasteiger partial charge in [-0.2, -0.15) is 0 Å². The van der Waals surface area contributed by atoms with Crippen LogP contribution in [0.15, 0.2) is 28.9 Å². The van der Waals surface area contributed by atoms with E-state index in [9.17, 15) is 14.4 Å². The second-order valence-electron chi connectivity index (χ2n) is 5.54. The molecular formula is C16H12BrN3O3. The molecular weight excluding hydrogens is 362 g/mol. The van der Waals surface area contributed by atoms with Gasteiger partial charge < -0.3 is 5.32 Å². The van der Waals surface area contributed by atoms with E-state index in [0.717, 1.165) is 14.9 Å². The molecule has 6 nitrogen and oxygen atoms in total. The van der Waals surface area contributed by atoms with Crippen molar-refractivity contribution in [3.8, 4) is 0 Å². The maximum Gasteiger partial charge on any atom is 0.276 e. The van der Waals surface area contributed by atoms with E-state index < -0.39 is 11.9 Å². The summed E-state index contributed by atoms with van der Waals surface area (Å²) in [7, 11) is 0. The van der Waals surface area contributed by atoms with Crippen LogP contribution in [0.5, 0.6) is 0 Å². The SMILES string of the molecule is O=C1CCC(N2C(=O)C3=c4c2ccc(Br)c4=CC=CN3)C(=O)N1. The number of carbonyl (C=O) groups excluding carboxylic acids is 3. The fraction of sp³-hybridized carbons (Fsp3) is 0.188. The highest BCUT2D eigenvalue weighted by Crippen LogP contribution is 2.25. The minimum Gasteiger partial charge on any atom is -0.357 e. The van der Waals surface area contributed by atoms with Crippen LogP contribution >= 0.6 is 15.9 Å². The Labute approximate surface area is 139 Å². The molecule has 116 valence electrons. The lowest BCUT2D eigenvalue weighted by Gasteiger charge is -2.30. The van der Waals surface area contributed by atoms with Gasteiger partial charge in [0.05, 0.1) is 5.69 Å². The minimum absolute atomic E-state index is 0.230. The normalized spacial score (nSPS) is 22.3. The van der Waals surface area contributed by atoms with Gasteiger partial charge in [-0.15, -0.1) is 0 Å². The summed E-state index contributed by atoms with van der Waals surface area (Å²) in [5.41, 5.74) is 1.14. The maximum absolute atomic E-state index is 12.9. The van der Waals surface area contributed by atoms with Crippen LogP contribution in [-0.2, 0) is 14.4 Å². The molecule has 4 rings (SSSR count). The molecule has 1 fully saturated rings. The molecule has 0 aromatic heterocycles. The number of halogens is 1. The van der Waals surface area contributed by atoms with E-state index in [-0.39, 0.29) is 18.2 Å². The Bertz CT molecular complexity index is 919. The van der Waals surface area contributed by atoms with E-state index in [4.69, 9.17) is 0 Å². The van der Waals surface area contributed by atoms with Gasteiger partial charge in [0.1, 0.15) is 11.7 Å². The summed E-state index contributed by atoms with van der Waals surface area (Å²) in [5.74, 6) is -0.981. The number of imide groups is 1. The first-order valence-electron chi connectivity index (χ1n) is 7.21. The van der Waals surface area contributed by atoms with Crippen molar-refractivity contribution in [2.24, 2.45) is 0 Å². The predicted molar refractivity (Wildman–Crippen MR) is 87.2 cm³/mol. The van der Waals surface area contributed by atoms with Crippen LogP contribution in [0, 0.1) is 0 Å². The summed E-state index contributed by atoms with van der Waals surface area (Å²) in [5, 5.41) is 6.98. The topological polar surface area (TPSA) is 78.5 Å². The van der Waals surface area contributed by atoms with Crippen LogP contribution in [0.25, 0.3) is 11.8 Å². The smallest absolute Gasteiger partial charge is 0.276 e. The van der Waals surface area contributed by atoms with E-state index in [2.05, 4.69) is 26.6 Å². The van der Waals surface area contributed by atoms with Crippen LogP contribution in [-0.4, -0.2) is 23.8 Å². The zero-order chi connectivity index (χ0) is 16.1. The molecule has 3 aliphatic rings. The van der Waals surface area contributed by atoms with E-state index in [1.807, 2.05) is 24.3 Å². The molecule has 0 radical (unpaired) electrons. The molecule has 0 spiro atoms. The lowest BCUT2D eigenvalue weighted by atomic mass is 10.0. The maximum atomic E-state index is 12.9. The Kier molecular flexibility index (Phi) is 3.12. The molecule has 0 aliphatic carbocycles. The van der Waals surface area contributed by atoms with Crippen LogP contribution < -0.4 is 26.0 Å². The van der Waals surface area contributed by atoms with Crippen LogP contribution in [0.3, 0.4) is 0 Å². The largest absolute Gasteiger partial charge is 0.357 e. The molecule has 7 heteroatoms. The fourth-order valence-corrected chi connectivity index (χ4v) is 3.66. The van der Waals surface area contributed by atoms with Gasteiger partial charge in [-0.3, -0.25) is 24.6 Å². The number of rotatable bonds is 1. The Morgan fingerprint density at radius 1 is 1.22 bits per heavy atom. The fourth-order valence-electron chi connectivity index (χ4n) is 3.19. The Morgan fingerprint density at radius 3 is 2.83 bits per heavy atom. The molecule has 3 amide bonds. The standard InChI is InChI=1S/C16H12BrN3O3/c17-9-3-4-10-13-8(9)2-1-7-18-14(13)16(23)20(10)11-5-6-12(21)19-15(11)22/h1-4,7,11,18H,5-6H2,(H,19,21,22). The number of carbonyl (C=O) groups is 3. The van der Waals surface area contributed by atoms with Gasteiger partial charge in [-0.25, -0.2) is 0 Å². The van der Waals surface area contributed by atoms with E-state index in [0.29, 0.717) is 17.8 Å². The van der Waals surface area contributed by atoms with E-state index in [1.54, 1.807) is 6.20 Å². The van der Waals surface area contributed by atoms with Crippen molar-refractivity contribution in [1.29, 1.82) is 0 Å². The number of nitrogens with one attached hydrogen (secondary N) is 2. The van der Waals surface area contributed by atoms with Gasteiger partial charge in [0.2, 0.25) is 11.8 Å². The second-order valence-corrected chi connectivity index (χ2v) is 6.40. The molecule has 1 aromatic carbocycles. The van der Waals surface area contributed by atoms with Gasteiger partial charge in [0.25, 0.3) is 5.91 Å². The molecule has 0 saturated carbocycles. The summed E-state index contributed by atoms with van der Waals surface area (Å²) >= 11 is 3.50. The van der Waals surface area contributed by atoms with Gasteiger partial charge in [0.15, 0.2) is 0 Å². The number of hydrogen-bond donors (Lipinski definition) is 2. The van der Waals surface area contributed by atoms with E-state index >= 15 is 0 Å². The number of nitrogens with zero attached hydrogens (tertiary/aromatic N) is 1. The molecule has 2 N–H and O–H groups in total. The lowest BCUT2D eigenvalue weighted by molar-refractivity contribution is -0.135. The third-order valence-corrected chi connectivity index (χ3v) is 4.91. The first kappa shape index (κ1) is 14.2. The van der Waals surface area contributed by atoms with Crippen molar-refractivity contribution in [2.75, 3.05) is 4.90 Å². The van der Waals surface area contributed by atoms with Gasteiger partial charge >= 0.3 is 0 Å². The lowest BCUT2D eigenvalue weighted by Crippen LogP contribution is -2.54. The number of anilines is 1. The Hall–Kier alpha value is -2.41. The molecule has 3 aliphatic heterocycles. The van der Waals surface area contributed by atoms with Crippen molar-refractivity contribution in [3.63, 3.8) is 0 Å². The van der Waals surface area contributed by atoms with Crippen molar-refractivity contribution in [2.45, 2.75) is 18.9 Å². The van der Waals surface area contributed by atoms with E-state index in [1.165, 1.54) is 4.90 Å². The highest BCUT2D eigenvalue weighted by atomic mass is 79.9. The first-order valence-corrected chi connectivity index (χ1v) is 8.00. The minimum atomic E-state index is -0.671. The number of allylic oxidation sites excluding steroid dienone is 1. The number of piperidine rings is 1. The molecule has 1 saturated heterocycles. The predicted octanol–water partition coefficient (Wildman–Crippen LogP) is -0.394. The van der Waals surface area contributed by atoms with Crippen LogP contribution in [0.4, 0.5) is 5.69 Å². The van der Waals surface area contributed by atoms with Crippen LogP contribution in [0.1, 0.15) is 12.8 Å². The average Bonchev–Trinajstić information content (AvgIpc) is 2.68. The van der Waals surface area contributed by atoms with Crippen LogP contribution in [0.2, 0.25) is 0 Å². The molecule has 23 heavy (non-hydrogen) atoms. The Balaban J connectivity index is 1.90. The third kappa shape index (κ3) is 2.03. The molecule has 0 bridgehead atoms. The van der Waals surface area contributed by atoms with Crippen molar-refractivity contribution in [3.05, 3.63) is 39.3 Å². The monoisotopic (exact) mass is 373 g/mol. The van der Waals surface area contributed by atoms with Crippen molar-refractivity contribution >= 4 is 51.1 Å². The average molecular weight is 374 g/mol.